The summed E-state index contributed by atoms with van der Waals surface area (Å²) in [4.78, 5) is 3.84. The first-order chi connectivity index (χ1) is 12.7. The van der Waals surface area contributed by atoms with Gasteiger partial charge in [0.05, 0.1) is 5.69 Å². The quantitative estimate of drug-likeness (QED) is 0.678. The van der Waals surface area contributed by atoms with Crippen molar-refractivity contribution in [3.8, 4) is 11.3 Å². The van der Waals surface area contributed by atoms with Crippen molar-refractivity contribution < 1.29 is 21.9 Å². The molecule has 3 aromatic rings. The van der Waals surface area contributed by atoms with E-state index in [1.54, 1.807) is 24.3 Å². The summed E-state index contributed by atoms with van der Waals surface area (Å²) < 4.78 is 50.2. The van der Waals surface area contributed by atoms with E-state index in [0.717, 1.165) is 11.3 Å². The summed E-state index contributed by atoms with van der Waals surface area (Å²) in [6.45, 7) is 4.16. The van der Waals surface area contributed by atoms with Gasteiger partial charge in [0.15, 0.2) is 10.8 Å². The third-order valence-electron chi connectivity index (χ3n) is 5.17. The number of nitrogens with zero attached hydrogens (tertiary/aromatic N) is 2. The highest BCUT2D eigenvalue weighted by Gasteiger charge is 2.60. The molecule has 0 bridgehead atoms. The second kappa shape index (κ2) is 5.97. The highest BCUT2D eigenvalue weighted by Crippen LogP contribution is 2.69. The topological polar surface area (TPSA) is 93.3 Å². The maximum Gasteiger partial charge on any atom is 0.312 e. The Kier molecular flexibility index (Phi) is 3.94. The molecule has 2 aromatic heterocycles. The lowest BCUT2D eigenvalue weighted by atomic mass is 10.0. The third-order valence-corrected chi connectivity index (χ3v) is 5.94. The molecule has 140 valence electrons. The van der Waals surface area contributed by atoms with Gasteiger partial charge in [-0.15, -0.1) is 0 Å². The molecular formula is C19H17FN2O4S. The Morgan fingerprint density at radius 3 is 2.56 bits per heavy atom. The first kappa shape index (κ1) is 17.8. The largest absolute Gasteiger partial charge is 0.356 e. The lowest BCUT2D eigenvalue weighted by Crippen LogP contribution is -2.01. The van der Waals surface area contributed by atoms with Crippen molar-refractivity contribution in [2.75, 3.05) is 0 Å². The Balaban J connectivity index is 1.62. The average molecular weight is 388 g/mol. The Morgan fingerprint density at radius 1 is 1.15 bits per heavy atom. The van der Waals surface area contributed by atoms with E-state index in [9.17, 15) is 12.8 Å². The van der Waals surface area contributed by atoms with E-state index in [4.69, 9.17) is 9.08 Å². The van der Waals surface area contributed by atoms with Gasteiger partial charge in [0.2, 0.25) is 0 Å². The van der Waals surface area contributed by atoms with Crippen LogP contribution in [0.15, 0.2) is 58.2 Å². The molecule has 0 saturated heterocycles. The van der Waals surface area contributed by atoms with Gasteiger partial charge in [0.25, 0.3) is 0 Å². The summed E-state index contributed by atoms with van der Waals surface area (Å²) in [5.74, 6) is 0.277. The molecule has 6 nitrogen and oxygen atoms in total. The second-order valence-corrected chi connectivity index (χ2v) is 8.68. The van der Waals surface area contributed by atoms with E-state index in [-0.39, 0.29) is 28.1 Å². The number of halogens is 1. The highest BCUT2D eigenvalue weighted by molar-refractivity contribution is 7.85. The molecule has 0 spiro atoms. The van der Waals surface area contributed by atoms with E-state index in [2.05, 4.69) is 24.0 Å². The zero-order valence-corrected chi connectivity index (χ0v) is 15.4. The van der Waals surface area contributed by atoms with Crippen LogP contribution in [0.25, 0.3) is 11.3 Å². The lowest BCUT2D eigenvalue weighted by Gasteiger charge is -2.03. The fourth-order valence-electron chi connectivity index (χ4n) is 3.75. The van der Waals surface area contributed by atoms with Gasteiger partial charge >= 0.3 is 10.1 Å². The summed E-state index contributed by atoms with van der Waals surface area (Å²) in [7, 11) is -4.32. The second-order valence-electron chi connectivity index (χ2n) is 7.31. The van der Waals surface area contributed by atoms with Crippen LogP contribution in [0, 0.1) is 11.2 Å². The fourth-order valence-corrected chi connectivity index (χ4v) is 4.18. The SMILES string of the molecule is CC1(C)[C@@H](c2ccc(S(=O)(=O)O)nc2)[C@@H]1c1cc(-c2cccc(F)c2)on1. The molecule has 2 atom stereocenters. The van der Waals surface area contributed by atoms with Gasteiger partial charge in [-0.1, -0.05) is 37.2 Å². The standard InChI is InChI=1S/C19H17FN2O4S/c1-19(2)17(12-6-7-16(21-10-12)27(23,24)25)18(19)14-9-15(26-22-14)11-4-3-5-13(20)8-11/h3-10,17-18H,1-2H3,(H,23,24,25)/t17-,18-/m0/s1. The molecule has 4 rings (SSSR count). The maximum absolute atomic E-state index is 13.4. The number of pyridine rings is 1. The third kappa shape index (κ3) is 3.15. The Morgan fingerprint density at radius 2 is 1.93 bits per heavy atom. The molecule has 8 heteroatoms. The summed E-state index contributed by atoms with van der Waals surface area (Å²) in [6, 6.07) is 10.9. The van der Waals surface area contributed by atoms with Gasteiger partial charge < -0.3 is 4.52 Å². The number of benzene rings is 1. The first-order valence-electron chi connectivity index (χ1n) is 8.34. The molecule has 1 aliphatic rings. The van der Waals surface area contributed by atoms with Crippen LogP contribution in [0.1, 0.15) is 36.9 Å². The lowest BCUT2D eigenvalue weighted by molar-refractivity contribution is 0.420. The molecule has 0 amide bonds. The Hall–Kier alpha value is -2.58. The zero-order chi connectivity index (χ0) is 19.4. The van der Waals surface area contributed by atoms with Crippen molar-refractivity contribution in [1.29, 1.82) is 0 Å². The Bertz CT molecular complexity index is 1110. The molecule has 1 aliphatic carbocycles. The molecule has 1 fully saturated rings. The molecule has 2 heterocycles. The van der Waals surface area contributed by atoms with E-state index < -0.39 is 10.1 Å². The summed E-state index contributed by atoms with van der Waals surface area (Å²) in [5, 5.41) is 3.78. The molecule has 27 heavy (non-hydrogen) atoms. The zero-order valence-electron chi connectivity index (χ0n) is 14.6. The molecule has 0 aliphatic heterocycles. The predicted molar refractivity (Wildman–Crippen MR) is 95.2 cm³/mol. The summed E-state index contributed by atoms with van der Waals surface area (Å²) in [6.07, 6.45) is 1.46. The van der Waals surface area contributed by atoms with Gasteiger partial charge in [0, 0.05) is 29.7 Å². The smallest absolute Gasteiger partial charge is 0.312 e. The van der Waals surface area contributed by atoms with Gasteiger partial charge in [-0.3, -0.25) is 4.55 Å². The molecule has 1 aromatic carbocycles. The number of hydrogen-bond acceptors (Lipinski definition) is 5. The minimum Gasteiger partial charge on any atom is -0.356 e. The molecule has 0 unspecified atom stereocenters. The maximum atomic E-state index is 13.4. The van der Waals surface area contributed by atoms with Crippen LogP contribution in [-0.2, 0) is 10.1 Å². The van der Waals surface area contributed by atoms with Gasteiger partial charge in [-0.05, 0) is 29.2 Å². The minimum atomic E-state index is -4.32. The first-order valence-corrected chi connectivity index (χ1v) is 9.78. The van der Waals surface area contributed by atoms with Crippen molar-refractivity contribution >= 4 is 10.1 Å². The van der Waals surface area contributed by atoms with Gasteiger partial charge in [-0.25, -0.2) is 9.37 Å². The van der Waals surface area contributed by atoms with Crippen LogP contribution in [-0.4, -0.2) is 23.1 Å². The minimum absolute atomic E-state index is 0.0574. The van der Waals surface area contributed by atoms with E-state index in [1.165, 1.54) is 24.4 Å². The van der Waals surface area contributed by atoms with Crippen LogP contribution in [0.4, 0.5) is 4.39 Å². The van der Waals surface area contributed by atoms with E-state index >= 15 is 0 Å². The monoisotopic (exact) mass is 388 g/mol. The average Bonchev–Trinajstić information content (AvgIpc) is 2.94. The molecule has 1 saturated carbocycles. The van der Waals surface area contributed by atoms with Gasteiger partial charge in [-0.2, -0.15) is 8.42 Å². The van der Waals surface area contributed by atoms with Crippen molar-refractivity contribution in [3.05, 3.63) is 65.7 Å². The highest BCUT2D eigenvalue weighted by atomic mass is 32.2. The summed E-state index contributed by atoms with van der Waals surface area (Å²) in [5.41, 5.74) is 2.09. The predicted octanol–water partition coefficient (Wildman–Crippen LogP) is 4.03. The van der Waals surface area contributed by atoms with E-state index in [1.807, 2.05) is 0 Å². The van der Waals surface area contributed by atoms with Crippen molar-refractivity contribution in [2.45, 2.75) is 30.7 Å². The molecular weight excluding hydrogens is 371 g/mol. The Labute approximate surface area is 155 Å². The fraction of sp³-hybridized carbons (Fsp3) is 0.263. The van der Waals surface area contributed by atoms with E-state index in [0.29, 0.717) is 11.3 Å². The molecule has 1 N–H and O–H groups in total. The van der Waals surface area contributed by atoms with Crippen LogP contribution in [0.3, 0.4) is 0 Å². The van der Waals surface area contributed by atoms with Crippen LogP contribution in [0.5, 0.6) is 0 Å². The number of hydrogen-bond donors (Lipinski definition) is 1. The van der Waals surface area contributed by atoms with Gasteiger partial charge in [0.1, 0.15) is 5.82 Å². The van der Waals surface area contributed by atoms with Crippen molar-refractivity contribution in [2.24, 2.45) is 5.41 Å². The van der Waals surface area contributed by atoms with Crippen LogP contribution >= 0.6 is 0 Å². The van der Waals surface area contributed by atoms with Crippen LogP contribution in [0.2, 0.25) is 0 Å². The number of rotatable bonds is 4. The van der Waals surface area contributed by atoms with Crippen molar-refractivity contribution in [1.82, 2.24) is 10.1 Å². The van der Waals surface area contributed by atoms with Crippen molar-refractivity contribution in [3.63, 3.8) is 0 Å². The van der Waals surface area contributed by atoms with Crippen LogP contribution < -0.4 is 0 Å². The summed E-state index contributed by atoms with van der Waals surface area (Å²) >= 11 is 0. The number of aromatic nitrogens is 2. The molecule has 0 radical (unpaired) electrons. The normalized spacial score (nSPS) is 21.2.